The molecule has 1 unspecified atom stereocenters. The van der Waals surface area contributed by atoms with Crippen LogP contribution in [-0.2, 0) is 7.05 Å². The molecular weight excluding hydrogens is 178 g/mol. The Morgan fingerprint density at radius 2 is 2.21 bits per heavy atom. The van der Waals surface area contributed by atoms with Gasteiger partial charge in [-0.05, 0) is 18.6 Å². The molecule has 0 radical (unpaired) electrons. The first-order valence-electron chi connectivity index (χ1n) is 4.54. The maximum Gasteiger partial charge on any atom is 0.274 e. The Morgan fingerprint density at radius 3 is 2.86 bits per heavy atom. The summed E-state index contributed by atoms with van der Waals surface area (Å²) in [5, 5.41) is 3.67. The van der Waals surface area contributed by atoms with E-state index >= 15 is 0 Å². The van der Waals surface area contributed by atoms with Gasteiger partial charge in [0, 0.05) is 13.1 Å². The third-order valence-corrected chi connectivity index (χ3v) is 2.39. The lowest BCUT2D eigenvalue weighted by Gasteiger charge is -2.04. The van der Waals surface area contributed by atoms with Gasteiger partial charge in [0.1, 0.15) is 0 Å². The van der Waals surface area contributed by atoms with Gasteiger partial charge in [-0.2, -0.15) is 0 Å². The highest BCUT2D eigenvalue weighted by Crippen LogP contribution is 2.18. The molecule has 0 saturated heterocycles. The van der Waals surface area contributed by atoms with E-state index in [9.17, 15) is 4.79 Å². The summed E-state index contributed by atoms with van der Waals surface area (Å²) in [5.41, 5.74) is 7.51. The summed E-state index contributed by atoms with van der Waals surface area (Å²) >= 11 is 0. The molecule has 0 aliphatic heterocycles. The first-order valence-corrected chi connectivity index (χ1v) is 4.54. The monoisotopic (exact) mass is 191 g/mol. The molecule has 74 valence electrons. The van der Waals surface area contributed by atoms with Gasteiger partial charge in [0.05, 0.1) is 10.9 Å². The van der Waals surface area contributed by atoms with E-state index in [1.165, 1.54) is 4.68 Å². The van der Waals surface area contributed by atoms with Crippen molar-refractivity contribution in [2.45, 2.75) is 13.0 Å². The van der Waals surface area contributed by atoms with Crippen LogP contribution < -0.4 is 11.3 Å². The molecule has 14 heavy (non-hydrogen) atoms. The number of rotatable bonds is 1. The van der Waals surface area contributed by atoms with E-state index in [0.29, 0.717) is 5.39 Å². The topological polar surface area (TPSA) is 63.8 Å². The molecule has 1 aromatic heterocycles. The van der Waals surface area contributed by atoms with E-state index in [4.69, 9.17) is 5.73 Å². The largest absolute Gasteiger partial charge is 0.324 e. The van der Waals surface area contributed by atoms with E-state index in [1.54, 1.807) is 7.05 Å². The molecule has 4 nitrogen and oxygen atoms in total. The number of benzene rings is 1. The molecule has 0 aliphatic carbocycles. The maximum absolute atomic E-state index is 11.7. The van der Waals surface area contributed by atoms with Crippen molar-refractivity contribution in [1.82, 2.24) is 9.78 Å². The summed E-state index contributed by atoms with van der Waals surface area (Å²) in [5.74, 6) is 0. The highest BCUT2D eigenvalue weighted by Gasteiger charge is 2.10. The molecule has 1 atom stereocenters. The number of fused-ring (bicyclic) bond motifs is 1. The molecule has 2 aromatic rings. The van der Waals surface area contributed by atoms with Gasteiger partial charge in [-0.25, -0.2) is 0 Å². The quantitative estimate of drug-likeness (QED) is 0.703. The molecule has 0 fully saturated rings. The predicted molar refractivity (Wildman–Crippen MR) is 56.1 cm³/mol. The second-order valence-corrected chi connectivity index (χ2v) is 3.53. The number of hydrogen-bond acceptors (Lipinski definition) is 2. The number of nitrogens with zero attached hydrogens (tertiary/aromatic N) is 1. The number of hydrogen-bond donors (Lipinski definition) is 2. The van der Waals surface area contributed by atoms with Gasteiger partial charge in [0.15, 0.2) is 0 Å². The third-order valence-electron chi connectivity index (χ3n) is 2.39. The maximum atomic E-state index is 11.7. The third kappa shape index (κ3) is 1.15. The zero-order chi connectivity index (χ0) is 10.3. The average Bonchev–Trinajstić information content (AvgIpc) is 2.43. The van der Waals surface area contributed by atoms with Crippen LogP contribution in [0.15, 0.2) is 23.0 Å². The second-order valence-electron chi connectivity index (χ2n) is 3.53. The van der Waals surface area contributed by atoms with Gasteiger partial charge < -0.3 is 5.73 Å². The summed E-state index contributed by atoms with van der Waals surface area (Å²) < 4.78 is 1.47. The molecule has 0 spiro atoms. The van der Waals surface area contributed by atoms with Crippen LogP contribution in [0.2, 0.25) is 0 Å². The summed E-state index contributed by atoms with van der Waals surface area (Å²) in [7, 11) is 1.70. The Kier molecular flexibility index (Phi) is 1.93. The Bertz CT molecular complexity index is 522. The molecule has 0 bridgehead atoms. The fourth-order valence-corrected chi connectivity index (χ4v) is 1.68. The van der Waals surface area contributed by atoms with Gasteiger partial charge in [-0.15, -0.1) is 0 Å². The normalized spacial score (nSPS) is 13.4. The number of H-pyrrole nitrogens is 1. The summed E-state index contributed by atoms with van der Waals surface area (Å²) in [6.45, 7) is 1.88. The SMILES string of the molecule is CC(N)c1cccc2[nH]n(C)c(=O)c12. The van der Waals surface area contributed by atoms with Crippen molar-refractivity contribution in [3.8, 4) is 0 Å². The second kappa shape index (κ2) is 2.99. The zero-order valence-electron chi connectivity index (χ0n) is 8.24. The van der Waals surface area contributed by atoms with Crippen LogP contribution in [0.3, 0.4) is 0 Å². The van der Waals surface area contributed by atoms with Crippen molar-refractivity contribution in [3.63, 3.8) is 0 Å². The molecule has 2 rings (SSSR count). The smallest absolute Gasteiger partial charge is 0.274 e. The van der Waals surface area contributed by atoms with Crippen LogP contribution >= 0.6 is 0 Å². The Hall–Kier alpha value is -1.55. The lowest BCUT2D eigenvalue weighted by atomic mass is 10.1. The number of nitrogens with two attached hydrogens (primary N) is 1. The van der Waals surface area contributed by atoms with Crippen LogP contribution in [0.1, 0.15) is 18.5 Å². The summed E-state index contributed by atoms with van der Waals surface area (Å²) in [4.78, 5) is 11.7. The molecule has 0 saturated carbocycles. The van der Waals surface area contributed by atoms with Crippen LogP contribution in [0.5, 0.6) is 0 Å². The van der Waals surface area contributed by atoms with Crippen molar-refractivity contribution in [2.24, 2.45) is 12.8 Å². The molecule has 0 amide bonds. The summed E-state index contributed by atoms with van der Waals surface area (Å²) in [6.07, 6.45) is 0. The van der Waals surface area contributed by atoms with Gasteiger partial charge >= 0.3 is 0 Å². The van der Waals surface area contributed by atoms with E-state index in [-0.39, 0.29) is 11.6 Å². The molecular formula is C10H13N3O. The van der Waals surface area contributed by atoms with Crippen LogP contribution in [0.4, 0.5) is 0 Å². The Labute approximate surface area is 81.3 Å². The highest BCUT2D eigenvalue weighted by molar-refractivity contribution is 5.82. The van der Waals surface area contributed by atoms with Gasteiger partial charge in [0.25, 0.3) is 5.56 Å². The minimum absolute atomic E-state index is 0.0205. The molecule has 1 aromatic carbocycles. The van der Waals surface area contributed by atoms with Crippen molar-refractivity contribution < 1.29 is 0 Å². The van der Waals surface area contributed by atoms with Crippen molar-refractivity contribution in [2.75, 3.05) is 0 Å². The van der Waals surface area contributed by atoms with Gasteiger partial charge in [0.2, 0.25) is 0 Å². The number of nitrogens with one attached hydrogen (secondary N) is 1. The van der Waals surface area contributed by atoms with E-state index < -0.39 is 0 Å². The minimum atomic E-state index is -0.123. The highest BCUT2D eigenvalue weighted by atomic mass is 16.1. The molecule has 1 heterocycles. The summed E-state index contributed by atoms with van der Waals surface area (Å²) in [6, 6.07) is 5.55. The number of aromatic amines is 1. The van der Waals surface area contributed by atoms with Crippen LogP contribution in [0, 0.1) is 0 Å². The number of aryl methyl sites for hydroxylation is 1. The van der Waals surface area contributed by atoms with Crippen LogP contribution in [-0.4, -0.2) is 9.78 Å². The van der Waals surface area contributed by atoms with Crippen molar-refractivity contribution in [3.05, 3.63) is 34.1 Å². The number of aromatic nitrogens is 2. The lowest BCUT2D eigenvalue weighted by Crippen LogP contribution is -2.14. The van der Waals surface area contributed by atoms with Crippen LogP contribution in [0.25, 0.3) is 10.9 Å². The fourth-order valence-electron chi connectivity index (χ4n) is 1.68. The lowest BCUT2D eigenvalue weighted by molar-refractivity contribution is 0.750. The molecule has 3 N–H and O–H groups in total. The first kappa shape index (κ1) is 9.02. The van der Waals surface area contributed by atoms with Crippen molar-refractivity contribution >= 4 is 10.9 Å². The average molecular weight is 191 g/mol. The molecule has 4 heteroatoms. The predicted octanol–water partition coefficient (Wildman–Crippen LogP) is 0.886. The van der Waals surface area contributed by atoms with Crippen molar-refractivity contribution in [1.29, 1.82) is 0 Å². The zero-order valence-corrected chi connectivity index (χ0v) is 8.24. The van der Waals surface area contributed by atoms with E-state index in [1.807, 2.05) is 25.1 Å². The fraction of sp³-hybridized carbons (Fsp3) is 0.300. The van der Waals surface area contributed by atoms with E-state index in [0.717, 1.165) is 11.1 Å². The Morgan fingerprint density at radius 1 is 1.50 bits per heavy atom. The van der Waals surface area contributed by atoms with Gasteiger partial charge in [-0.3, -0.25) is 14.6 Å². The van der Waals surface area contributed by atoms with Gasteiger partial charge in [-0.1, -0.05) is 12.1 Å². The minimum Gasteiger partial charge on any atom is -0.324 e. The first-order chi connectivity index (χ1) is 6.61. The van der Waals surface area contributed by atoms with E-state index in [2.05, 4.69) is 5.10 Å². The molecule has 0 aliphatic rings. The Balaban J connectivity index is 2.91. The standard InChI is InChI=1S/C10H13N3O/c1-6(11)7-4-3-5-8-9(7)10(14)13(2)12-8/h3-6,12H,11H2,1-2H3.